The molecule has 0 radical (unpaired) electrons. The van der Waals surface area contributed by atoms with Gasteiger partial charge in [0.25, 0.3) is 0 Å². The molecule has 0 saturated heterocycles. The highest BCUT2D eigenvalue weighted by Crippen LogP contribution is 2.34. The molecular weight excluding hydrogens is 321 g/mol. The van der Waals surface area contributed by atoms with Gasteiger partial charge in [0, 0.05) is 13.1 Å². The van der Waals surface area contributed by atoms with Crippen LogP contribution >= 0.6 is 0 Å². The summed E-state index contributed by atoms with van der Waals surface area (Å²) in [5.74, 6) is 9.42. The van der Waals surface area contributed by atoms with Crippen LogP contribution in [0, 0.1) is 5.82 Å². The Balaban J connectivity index is 3.29. The summed E-state index contributed by atoms with van der Waals surface area (Å²) in [5.41, 5.74) is 3.74. The first-order chi connectivity index (χ1) is 11.0. The third kappa shape index (κ3) is 4.24. The first-order valence-electron chi connectivity index (χ1n) is 7.03. The molecule has 134 valence electrons. The van der Waals surface area contributed by atoms with Gasteiger partial charge in [0.05, 0.1) is 12.3 Å². The summed E-state index contributed by atoms with van der Waals surface area (Å²) in [6.07, 6.45) is 0. The highest BCUT2D eigenvalue weighted by molar-refractivity contribution is 5.92. The summed E-state index contributed by atoms with van der Waals surface area (Å²) in [6, 6.07) is 1.22. The number of nitrogens with zero attached hydrogens (tertiary/aromatic N) is 2. The van der Waals surface area contributed by atoms with Crippen LogP contribution in [0.3, 0.4) is 0 Å². The van der Waals surface area contributed by atoms with Crippen LogP contribution in [0.5, 0.6) is 5.75 Å². The number of ether oxygens (including phenoxy) is 2. The summed E-state index contributed by atoms with van der Waals surface area (Å²) < 4.78 is 24.2. The molecular formula is C14H22FN5O4. The molecule has 0 aliphatic rings. The fraction of sp³-hybridized carbons (Fsp3) is 0.429. The summed E-state index contributed by atoms with van der Waals surface area (Å²) in [7, 11) is 1.28. The zero-order valence-corrected chi connectivity index (χ0v) is 14.0. The molecule has 0 unspecified atom stereocenters. The van der Waals surface area contributed by atoms with Crippen molar-refractivity contribution in [1.82, 2.24) is 5.01 Å². The lowest BCUT2D eigenvalue weighted by atomic mass is 10.1. The van der Waals surface area contributed by atoms with Gasteiger partial charge in [0.2, 0.25) is 0 Å². The Kier molecular flexibility index (Phi) is 5.93. The van der Waals surface area contributed by atoms with Gasteiger partial charge >= 0.3 is 12.0 Å². The van der Waals surface area contributed by atoms with Crippen LogP contribution in [0.4, 0.5) is 20.6 Å². The van der Waals surface area contributed by atoms with Crippen molar-refractivity contribution in [2.24, 2.45) is 11.7 Å². The van der Waals surface area contributed by atoms with Crippen LogP contribution in [0.2, 0.25) is 0 Å². The number of urea groups is 1. The van der Waals surface area contributed by atoms with Gasteiger partial charge in [-0.25, -0.2) is 30.7 Å². The number of nitrogens with two attached hydrogens (primary N) is 3. The minimum Gasteiger partial charge on any atom is -0.474 e. The quantitative estimate of drug-likeness (QED) is 0.236. The number of esters is 1. The fourth-order valence-corrected chi connectivity index (χ4v) is 1.72. The van der Waals surface area contributed by atoms with E-state index in [1.165, 1.54) is 20.9 Å². The minimum absolute atomic E-state index is 0.0615. The first kappa shape index (κ1) is 19.5. The molecule has 0 aliphatic carbocycles. The molecule has 2 amide bonds. The molecule has 24 heavy (non-hydrogen) atoms. The summed E-state index contributed by atoms with van der Waals surface area (Å²) in [4.78, 5) is 23.9. The van der Waals surface area contributed by atoms with Crippen molar-refractivity contribution >= 4 is 23.4 Å². The SMILES string of the molecule is CCOC(=O)C(C)(C)Oc1cc(F)c(N)cc1N(N)C(=O)N(C)N. The summed E-state index contributed by atoms with van der Waals surface area (Å²) >= 11 is 0. The molecule has 0 aromatic heterocycles. The Bertz CT molecular complexity index is 636. The molecule has 1 rings (SSSR count). The van der Waals surface area contributed by atoms with Gasteiger partial charge in [-0.15, -0.1) is 0 Å². The van der Waals surface area contributed by atoms with Crippen LogP contribution < -0.4 is 27.2 Å². The van der Waals surface area contributed by atoms with E-state index in [-0.39, 0.29) is 23.7 Å². The van der Waals surface area contributed by atoms with Gasteiger partial charge in [-0.05, 0) is 26.8 Å². The molecule has 9 nitrogen and oxygen atoms in total. The van der Waals surface area contributed by atoms with E-state index in [1.807, 2.05) is 0 Å². The molecule has 0 heterocycles. The first-order valence-corrected chi connectivity index (χ1v) is 7.03. The van der Waals surface area contributed by atoms with Gasteiger partial charge in [0.15, 0.2) is 5.60 Å². The van der Waals surface area contributed by atoms with Crippen molar-refractivity contribution in [3.63, 3.8) is 0 Å². The van der Waals surface area contributed by atoms with Gasteiger partial charge < -0.3 is 15.2 Å². The Hall–Kier alpha value is -2.59. The third-order valence-electron chi connectivity index (χ3n) is 2.98. The van der Waals surface area contributed by atoms with Crippen LogP contribution in [-0.2, 0) is 9.53 Å². The number of benzene rings is 1. The van der Waals surface area contributed by atoms with E-state index >= 15 is 0 Å². The zero-order valence-electron chi connectivity index (χ0n) is 14.0. The van der Waals surface area contributed by atoms with E-state index in [1.54, 1.807) is 6.92 Å². The molecule has 1 aromatic rings. The predicted octanol–water partition coefficient (Wildman–Crippen LogP) is 0.734. The molecule has 6 N–H and O–H groups in total. The Morgan fingerprint density at radius 1 is 1.29 bits per heavy atom. The van der Waals surface area contributed by atoms with E-state index in [4.69, 9.17) is 26.9 Å². The van der Waals surface area contributed by atoms with Gasteiger partial charge in [-0.1, -0.05) is 0 Å². The molecule has 10 heteroatoms. The number of nitrogen functional groups attached to an aromatic ring is 1. The average molecular weight is 343 g/mol. The predicted molar refractivity (Wildman–Crippen MR) is 86.2 cm³/mol. The molecule has 1 aromatic carbocycles. The summed E-state index contributed by atoms with van der Waals surface area (Å²) in [6.45, 7) is 4.65. The minimum atomic E-state index is -1.45. The van der Waals surface area contributed by atoms with E-state index in [0.717, 1.165) is 17.1 Å². The maximum Gasteiger partial charge on any atom is 0.352 e. The van der Waals surface area contributed by atoms with Crippen molar-refractivity contribution in [3.05, 3.63) is 17.9 Å². The Morgan fingerprint density at radius 3 is 2.38 bits per heavy atom. The second kappa shape index (κ2) is 7.32. The number of hydrazine groups is 2. The fourth-order valence-electron chi connectivity index (χ4n) is 1.72. The number of hydrogen-bond acceptors (Lipinski definition) is 7. The number of carbonyl (C=O) groups is 2. The largest absolute Gasteiger partial charge is 0.474 e. The number of rotatable bonds is 5. The number of amides is 2. The van der Waals surface area contributed by atoms with Crippen molar-refractivity contribution in [1.29, 1.82) is 0 Å². The molecule has 0 aliphatic heterocycles. The van der Waals surface area contributed by atoms with Gasteiger partial charge in [-0.3, -0.25) is 5.01 Å². The monoisotopic (exact) mass is 343 g/mol. The highest BCUT2D eigenvalue weighted by atomic mass is 19.1. The van der Waals surface area contributed by atoms with Gasteiger partial charge in [0.1, 0.15) is 17.3 Å². The third-order valence-corrected chi connectivity index (χ3v) is 2.98. The normalized spacial score (nSPS) is 11.0. The second-order valence-corrected chi connectivity index (χ2v) is 5.44. The Labute approximate surface area is 139 Å². The maximum absolute atomic E-state index is 13.8. The van der Waals surface area contributed by atoms with Crippen molar-refractivity contribution in [3.8, 4) is 5.75 Å². The second-order valence-electron chi connectivity index (χ2n) is 5.44. The smallest absolute Gasteiger partial charge is 0.352 e. The topological polar surface area (TPSA) is 137 Å². The number of carbonyl (C=O) groups excluding carboxylic acids is 2. The number of hydrogen-bond donors (Lipinski definition) is 3. The van der Waals surface area contributed by atoms with Crippen molar-refractivity contribution in [2.45, 2.75) is 26.4 Å². The zero-order chi connectivity index (χ0) is 18.7. The standard InChI is InChI=1S/C14H22FN5O4/c1-5-23-12(21)14(2,3)24-11-6-8(15)9(16)7-10(11)20(18)13(22)19(4)17/h6-7H,5,16-18H2,1-4H3. The van der Waals surface area contributed by atoms with Crippen LogP contribution in [0.1, 0.15) is 20.8 Å². The van der Waals surface area contributed by atoms with Crippen LogP contribution in [0.25, 0.3) is 0 Å². The lowest BCUT2D eigenvalue weighted by molar-refractivity contribution is -0.158. The van der Waals surface area contributed by atoms with Crippen LogP contribution in [-0.4, -0.2) is 36.3 Å². The average Bonchev–Trinajstić information content (AvgIpc) is 2.49. The number of anilines is 2. The lowest BCUT2D eigenvalue weighted by Gasteiger charge is -2.28. The molecule has 0 spiro atoms. The summed E-state index contributed by atoms with van der Waals surface area (Å²) in [5, 5.41) is 1.35. The highest BCUT2D eigenvalue weighted by Gasteiger charge is 2.33. The Morgan fingerprint density at radius 2 is 1.88 bits per heavy atom. The van der Waals surface area contributed by atoms with E-state index in [2.05, 4.69) is 0 Å². The lowest BCUT2D eigenvalue weighted by Crippen LogP contribution is -2.49. The maximum atomic E-state index is 13.8. The molecule has 0 fully saturated rings. The molecule has 0 bridgehead atoms. The molecule has 0 saturated carbocycles. The van der Waals surface area contributed by atoms with Crippen molar-refractivity contribution < 1.29 is 23.5 Å². The van der Waals surface area contributed by atoms with E-state index < -0.39 is 23.4 Å². The van der Waals surface area contributed by atoms with Crippen LogP contribution in [0.15, 0.2) is 12.1 Å². The van der Waals surface area contributed by atoms with Gasteiger partial charge in [-0.2, -0.15) is 0 Å². The van der Waals surface area contributed by atoms with Crippen molar-refractivity contribution in [2.75, 3.05) is 24.4 Å². The number of halogens is 1. The molecule has 0 atom stereocenters. The van der Waals surface area contributed by atoms with E-state index in [0.29, 0.717) is 5.01 Å². The van der Waals surface area contributed by atoms with E-state index in [9.17, 15) is 14.0 Å².